The van der Waals surface area contributed by atoms with Gasteiger partial charge in [-0.05, 0) is 42.5 Å². The van der Waals surface area contributed by atoms with Gasteiger partial charge in [0.2, 0.25) is 0 Å². The fourth-order valence-corrected chi connectivity index (χ4v) is 2.83. The Morgan fingerprint density at radius 2 is 1.73 bits per heavy atom. The summed E-state index contributed by atoms with van der Waals surface area (Å²) in [4.78, 5) is 12.7. The Labute approximate surface area is 154 Å². The summed E-state index contributed by atoms with van der Waals surface area (Å²) in [7, 11) is 4.45. The lowest BCUT2D eigenvalue weighted by molar-refractivity contribution is 0.104. The summed E-state index contributed by atoms with van der Waals surface area (Å²) in [6, 6.07) is 9.62. The molecule has 0 heterocycles. The highest BCUT2D eigenvalue weighted by molar-refractivity contribution is 7.99. The molecule has 0 saturated heterocycles. The molecule has 0 radical (unpaired) electrons. The van der Waals surface area contributed by atoms with Gasteiger partial charge in [-0.2, -0.15) is 8.78 Å². The zero-order valence-corrected chi connectivity index (χ0v) is 15.3. The van der Waals surface area contributed by atoms with Crippen LogP contribution in [-0.2, 0) is 0 Å². The molecule has 0 aliphatic heterocycles. The number of hydrogen-bond acceptors (Lipinski definition) is 5. The Kier molecular flexibility index (Phi) is 7.03. The zero-order valence-electron chi connectivity index (χ0n) is 14.5. The maximum atomic E-state index is 12.5. The summed E-state index contributed by atoms with van der Waals surface area (Å²) in [6.45, 7) is 0. The molecule has 2 aromatic carbocycles. The second kappa shape index (κ2) is 9.24. The Morgan fingerprint density at radius 1 is 1.00 bits per heavy atom. The normalized spacial score (nSPS) is 11.0. The number of carbonyl (C=O) groups excluding carboxylic acids is 1. The van der Waals surface area contributed by atoms with Crippen molar-refractivity contribution in [3.63, 3.8) is 0 Å². The van der Waals surface area contributed by atoms with E-state index in [1.54, 1.807) is 31.4 Å². The standard InChI is InChI=1S/C19H18F2O4S/c1-23-14-7-4-12(16(11-14)24-2)5-8-15(22)13-6-9-18(26-19(20)21)17(10-13)25-3/h4-11,19H,1-3H3/b8-5+. The van der Waals surface area contributed by atoms with Gasteiger partial charge in [-0.25, -0.2) is 0 Å². The minimum absolute atomic E-state index is 0.233. The summed E-state index contributed by atoms with van der Waals surface area (Å²) in [6.07, 6.45) is 3.01. The monoisotopic (exact) mass is 380 g/mol. The molecule has 26 heavy (non-hydrogen) atoms. The van der Waals surface area contributed by atoms with Crippen LogP contribution in [0.5, 0.6) is 17.2 Å². The second-order valence-electron chi connectivity index (χ2n) is 5.05. The number of alkyl halides is 2. The van der Waals surface area contributed by atoms with E-state index in [2.05, 4.69) is 0 Å². The lowest BCUT2D eigenvalue weighted by Gasteiger charge is -2.09. The van der Waals surface area contributed by atoms with Crippen LogP contribution in [0.15, 0.2) is 47.4 Å². The van der Waals surface area contributed by atoms with Gasteiger partial charge in [0.1, 0.15) is 17.2 Å². The van der Waals surface area contributed by atoms with Crippen LogP contribution in [-0.4, -0.2) is 32.9 Å². The van der Waals surface area contributed by atoms with Gasteiger partial charge in [0, 0.05) is 17.2 Å². The highest BCUT2D eigenvalue weighted by Crippen LogP contribution is 2.34. The Bertz CT molecular complexity index is 806. The van der Waals surface area contributed by atoms with E-state index in [4.69, 9.17) is 14.2 Å². The summed E-state index contributed by atoms with van der Waals surface area (Å²) in [5.74, 6) is -1.41. The molecule has 0 aliphatic carbocycles. The zero-order chi connectivity index (χ0) is 19.1. The van der Waals surface area contributed by atoms with E-state index in [0.717, 1.165) is 0 Å². The van der Waals surface area contributed by atoms with Gasteiger partial charge in [-0.3, -0.25) is 4.79 Å². The van der Waals surface area contributed by atoms with Crippen LogP contribution in [0.1, 0.15) is 15.9 Å². The molecule has 0 amide bonds. The number of methoxy groups -OCH3 is 3. The van der Waals surface area contributed by atoms with Gasteiger partial charge in [0.15, 0.2) is 5.78 Å². The molecular formula is C19H18F2O4S. The molecule has 0 N–H and O–H groups in total. The number of benzene rings is 2. The summed E-state index contributed by atoms with van der Waals surface area (Å²) >= 11 is 0.373. The van der Waals surface area contributed by atoms with Gasteiger partial charge < -0.3 is 14.2 Å². The van der Waals surface area contributed by atoms with Crippen LogP contribution in [0.2, 0.25) is 0 Å². The quantitative estimate of drug-likeness (QED) is 0.369. The van der Waals surface area contributed by atoms with E-state index in [-0.39, 0.29) is 16.4 Å². The van der Waals surface area contributed by atoms with Gasteiger partial charge in [-0.15, -0.1) is 0 Å². The molecule has 2 aromatic rings. The maximum Gasteiger partial charge on any atom is 0.289 e. The predicted molar refractivity (Wildman–Crippen MR) is 97.8 cm³/mol. The van der Waals surface area contributed by atoms with Crippen molar-refractivity contribution in [2.24, 2.45) is 0 Å². The summed E-state index contributed by atoms with van der Waals surface area (Å²) in [5, 5.41) is 0. The average Bonchev–Trinajstić information content (AvgIpc) is 2.65. The third kappa shape index (κ3) is 4.98. The van der Waals surface area contributed by atoms with Crippen molar-refractivity contribution in [1.29, 1.82) is 0 Å². The largest absolute Gasteiger partial charge is 0.497 e. The number of hydrogen-bond donors (Lipinski definition) is 0. The van der Waals surface area contributed by atoms with E-state index >= 15 is 0 Å². The maximum absolute atomic E-state index is 12.5. The molecule has 0 unspecified atom stereocenters. The third-order valence-electron chi connectivity index (χ3n) is 3.52. The van der Waals surface area contributed by atoms with E-state index < -0.39 is 5.76 Å². The first-order valence-electron chi connectivity index (χ1n) is 7.55. The molecule has 0 aliphatic rings. The topological polar surface area (TPSA) is 44.8 Å². The molecule has 4 nitrogen and oxygen atoms in total. The van der Waals surface area contributed by atoms with Gasteiger partial charge in [-0.1, -0.05) is 11.8 Å². The molecule has 0 fully saturated rings. The van der Waals surface area contributed by atoms with Gasteiger partial charge in [0.05, 0.1) is 26.2 Å². The van der Waals surface area contributed by atoms with Crippen LogP contribution in [0.3, 0.4) is 0 Å². The molecule has 2 rings (SSSR count). The van der Waals surface area contributed by atoms with Gasteiger partial charge >= 0.3 is 0 Å². The Balaban J connectivity index is 2.23. The van der Waals surface area contributed by atoms with E-state index in [1.807, 2.05) is 0 Å². The lowest BCUT2D eigenvalue weighted by atomic mass is 10.1. The molecule has 0 spiro atoms. The number of rotatable bonds is 8. The van der Waals surface area contributed by atoms with Crippen molar-refractivity contribution >= 4 is 23.6 Å². The van der Waals surface area contributed by atoms with Crippen molar-refractivity contribution in [3.8, 4) is 17.2 Å². The average molecular weight is 380 g/mol. The van der Waals surface area contributed by atoms with Gasteiger partial charge in [0.25, 0.3) is 5.76 Å². The van der Waals surface area contributed by atoms with Crippen molar-refractivity contribution < 1.29 is 27.8 Å². The molecule has 0 aromatic heterocycles. The molecule has 7 heteroatoms. The van der Waals surface area contributed by atoms with Crippen LogP contribution in [0.4, 0.5) is 8.78 Å². The number of carbonyl (C=O) groups is 1. The first-order chi connectivity index (χ1) is 12.5. The van der Waals surface area contributed by atoms with Crippen LogP contribution >= 0.6 is 11.8 Å². The number of ether oxygens (including phenoxy) is 3. The number of halogens is 2. The minimum atomic E-state index is -2.56. The fraction of sp³-hybridized carbons (Fsp3) is 0.211. The second-order valence-corrected chi connectivity index (χ2v) is 6.08. The fourth-order valence-electron chi connectivity index (χ4n) is 2.23. The van der Waals surface area contributed by atoms with Crippen molar-refractivity contribution in [2.45, 2.75) is 10.7 Å². The molecular weight excluding hydrogens is 362 g/mol. The predicted octanol–water partition coefficient (Wildman–Crippen LogP) is 4.92. The molecule has 0 saturated carbocycles. The van der Waals surface area contributed by atoms with Crippen LogP contribution in [0, 0.1) is 0 Å². The SMILES string of the molecule is COc1ccc(/C=C/C(=O)c2ccc(SC(F)F)c(OC)c2)c(OC)c1. The van der Waals surface area contributed by atoms with E-state index in [9.17, 15) is 13.6 Å². The van der Waals surface area contributed by atoms with Crippen molar-refractivity contribution in [2.75, 3.05) is 21.3 Å². The molecule has 0 atom stereocenters. The first kappa shape index (κ1) is 19.8. The molecule has 138 valence electrons. The molecule has 0 bridgehead atoms. The number of ketones is 1. The highest BCUT2D eigenvalue weighted by atomic mass is 32.2. The van der Waals surface area contributed by atoms with E-state index in [0.29, 0.717) is 34.4 Å². The van der Waals surface area contributed by atoms with Crippen LogP contribution < -0.4 is 14.2 Å². The smallest absolute Gasteiger partial charge is 0.289 e. The van der Waals surface area contributed by atoms with Crippen LogP contribution in [0.25, 0.3) is 6.08 Å². The Hall–Kier alpha value is -2.54. The highest BCUT2D eigenvalue weighted by Gasteiger charge is 2.13. The van der Waals surface area contributed by atoms with Crippen molar-refractivity contribution in [1.82, 2.24) is 0 Å². The number of allylic oxidation sites excluding steroid dienone is 1. The Morgan fingerprint density at radius 3 is 2.35 bits per heavy atom. The first-order valence-corrected chi connectivity index (χ1v) is 8.43. The summed E-state index contributed by atoms with van der Waals surface area (Å²) in [5.41, 5.74) is 1.04. The number of thioether (sulfide) groups is 1. The lowest BCUT2D eigenvalue weighted by Crippen LogP contribution is -1.97. The summed E-state index contributed by atoms with van der Waals surface area (Å²) < 4.78 is 40.6. The van der Waals surface area contributed by atoms with E-state index in [1.165, 1.54) is 38.5 Å². The van der Waals surface area contributed by atoms with Crippen molar-refractivity contribution in [3.05, 3.63) is 53.6 Å². The minimum Gasteiger partial charge on any atom is -0.497 e. The third-order valence-corrected chi connectivity index (χ3v) is 4.29.